The Morgan fingerprint density at radius 2 is 1.63 bits per heavy atom. The molecule has 0 fully saturated rings. The maximum absolute atomic E-state index is 14.9. The van der Waals surface area contributed by atoms with Gasteiger partial charge in [0.25, 0.3) is 0 Å². The lowest BCUT2D eigenvalue weighted by Crippen LogP contribution is -2.53. The van der Waals surface area contributed by atoms with Crippen molar-refractivity contribution in [3.63, 3.8) is 0 Å². The number of halogens is 4. The lowest BCUT2D eigenvalue weighted by molar-refractivity contribution is -0.149. The average Bonchev–Trinajstić information content (AvgIpc) is 3.83. The van der Waals surface area contributed by atoms with Crippen molar-refractivity contribution in [1.29, 1.82) is 0 Å². The van der Waals surface area contributed by atoms with E-state index in [0.29, 0.717) is 40.3 Å². The molecule has 1 aliphatic heterocycles. The number of rotatable bonds is 17. The van der Waals surface area contributed by atoms with E-state index in [9.17, 15) is 37.1 Å². The number of anilines is 1. The topological polar surface area (TPSA) is 119 Å². The molecule has 0 saturated carbocycles. The predicted molar refractivity (Wildman–Crippen MR) is 215 cm³/mol. The maximum Gasteiger partial charge on any atom is 0.416 e. The molecule has 3 atom stereocenters. The second kappa shape index (κ2) is 19.1. The number of hydrogen-bond acceptors (Lipinski definition) is 8. The Labute approximate surface area is 344 Å². The first-order valence-electron chi connectivity index (χ1n) is 19.2. The summed E-state index contributed by atoms with van der Waals surface area (Å²) in [5.74, 6) is -0.747. The molecule has 1 N–H and O–H groups in total. The van der Waals surface area contributed by atoms with Crippen molar-refractivity contribution in [3.05, 3.63) is 150 Å². The molecule has 2 amide bonds. The molecule has 1 aromatic heterocycles. The molecule has 0 bridgehead atoms. The van der Waals surface area contributed by atoms with Crippen LogP contribution in [-0.2, 0) is 44.7 Å². The fourth-order valence-electron chi connectivity index (χ4n) is 7.33. The number of benzene rings is 4. The minimum atomic E-state index is -4.60. The van der Waals surface area contributed by atoms with Gasteiger partial charge in [0.1, 0.15) is 34.9 Å². The van der Waals surface area contributed by atoms with Crippen LogP contribution in [0.25, 0.3) is 11.3 Å². The van der Waals surface area contributed by atoms with E-state index in [1.807, 2.05) is 0 Å². The first-order chi connectivity index (χ1) is 28.8. The summed E-state index contributed by atoms with van der Waals surface area (Å²) in [4.78, 5) is 45.4. The molecule has 0 spiro atoms. The highest BCUT2D eigenvalue weighted by Gasteiger charge is 2.50. The second-order valence-corrected chi connectivity index (χ2v) is 14.2. The van der Waals surface area contributed by atoms with Crippen LogP contribution >= 0.6 is 0 Å². The first kappa shape index (κ1) is 43.2. The minimum absolute atomic E-state index is 0.0708. The fourth-order valence-corrected chi connectivity index (χ4v) is 7.33. The second-order valence-electron chi connectivity index (χ2n) is 14.2. The van der Waals surface area contributed by atoms with E-state index in [-0.39, 0.29) is 62.0 Å². The molecule has 314 valence electrons. The number of esters is 1. The van der Waals surface area contributed by atoms with Gasteiger partial charge in [-0.25, -0.2) is 4.39 Å². The summed E-state index contributed by atoms with van der Waals surface area (Å²) in [6, 6.07) is 23.0. The average molecular weight is 829 g/mol. The third kappa shape index (κ3) is 10.2. The molecule has 0 radical (unpaired) electrons. The van der Waals surface area contributed by atoms with Crippen LogP contribution in [0.4, 0.5) is 23.2 Å². The van der Waals surface area contributed by atoms with Gasteiger partial charge in [0.15, 0.2) is 0 Å². The van der Waals surface area contributed by atoms with Crippen molar-refractivity contribution >= 4 is 23.5 Å². The van der Waals surface area contributed by atoms with Gasteiger partial charge >= 0.3 is 12.1 Å². The van der Waals surface area contributed by atoms with Crippen molar-refractivity contribution in [3.8, 4) is 22.8 Å². The number of fused-ring (bicyclic) bond motifs is 1. The molecule has 60 heavy (non-hydrogen) atoms. The van der Waals surface area contributed by atoms with E-state index in [1.54, 1.807) is 54.6 Å². The Morgan fingerprint density at radius 3 is 2.30 bits per heavy atom. The summed E-state index contributed by atoms with van der Waals surface area (Å²) in [5, 5.41) is 9.44. The van der Waals surface area contributed by atoms with Crippen LogP contribution in [0.2, 0.25) is 0 Å². The summed E-state index contributed by atoms with van der Waals surface area (Å²) in [7, 11) is 1.53. The van der Waals surface area contributed by atoms with Crippen LogP contribution in [0.1, 0.15) is 53.8 Å². The Balaban J connectivity index is 1.51. The number of amides is 2. The Hall–Kier alpha value is -6.41. The van der Waals surface area contributed by atoms with Crippen molar-refractivity contribution in [2.45, 2.75) is 63.5 Å². The predicted octanol–water partition coefficient (Wildman–Crippen LogP) is 8.65. The third-order valence-electron chi connectivity index (χ3n) is 10.0. The standard InChI is InChI=1S/C46H44F4N2O8/c1-4-7-41(59-29(2)54)45-44(38-27-36(58-23-6-22-53)18-20-39(38)52(45)43(56)25-31-12-16-35(57-3)17-13-31)51(42(55)24-30-10-14-34(47)15-11-30)28-37-19-21-40(60-37)32-8-5-9-33(26-32)46(48,49)50/h4-5,8-21,26-27,41,44-45,53H,1,6-7,22-25,28H2,2-3H3/t41?,44-,45+/m0/s1. The number of aliphatic hydroxyl groups is 1. The van der Waals surface area contributed by atoms with Gasteiger partial charge in [0.2, 0.25) is 11.8 Å². The molecule has 0 saturated heterocycles. The van der Waals surface area contributed by atoms with Crippen LogP contribution in [0.5, 0.6) is 11.5 Å². The summed E-state index contributed by atoms with van der Waals surface area (Å²) in [5.41, 5.74) is 1.29. The number of carbonyl (C=O) groups is 3. The smallest absolute Gasteiger partial charge is 0.416 e. The molecule has 1 aliphatic rings. The number of hydrogen-bond donors (Lipinski definition) is 1. The van der Waals surface area contributed by atoms with Gasteiger partial charge < -0.3 is 33.5 Å². The monoisotopic (exact) mass is 828 g/mol. The Morgan fingerprint density at radius 1 is 0.933 bits per heavy atom. The van der Waals surface area contributed by atoms with E-state index in [1.165, 1.54) is 66.3 Å². The van der Waals surface area contributed by atoms with Crippen molar-refractivity contribution < 1.29 is 55.7 Å². The van der Waals surface area contributed by atoms with Crippen LogP contribution in [0.15, 0.2) is 120 Å². The van der Waals surface area contributed by atoms with E-state index < -0.39 is 47.6 Å². The minimum Gasteiger partial charge on any atom is -0.497 e. The molecule has 1 unspecified atom stereocenters. The summed E-state index contributed by atoms with van der Waals surface area (Å²) >= 11 is 0. The van der Waals surface area contributed by atoms with E-state index in [0.717, 1.165) is 12.1 Å². The third-order valence-corrected chi connectivity index (χ3v) is 10.0. The lowest BCUT2D eigenvalue weighted by atomic mass is 9.94. The van der Waals surface area contributed by atoms with Gasteiger partial charge in [-0.05, 0) is 77.9 Å². The molecule has 10 nitrogen and oxygen atoms in total. The molecule has 6 rings (SSSR count). The van der Waals surface area contributed by atoms with E-state index >= 15 is 0 Å². The van der Waals surface area contributed by atoms with Gasteiger partial charge in [-0.2, -0.15) is 13.2 Å². The zero-order valence-electron chi connectivity index (χ0n) is 33.0. The van der Waals surface area contributed by atoms with E-state index in [2.05, 4.69) is 6.58 Å². The van der Waals surface area contributed by atoms with Crippen LogP contribution in [0, 0.1) is 5.82 Å². The normalized spacial score (nSPS) is 15.2. The quantitative estimate of drug-likeness (QED) is 0.0429. The Bertz CT molecular complexity index is 2290. The van der Waals surface area contributed by atoms with Gasteiger partial charge in [-0.15, -0.1) is 6.58 Å². The molecule has 4 aromatic carbocycles. The highest BCUT2D eigenvalue weighted by atomic mass is 19.4. The van der Waals surface area contributed by atoms with Crippen LogP contribution < -0.4 is 14.4 Å². The zero-order valence-corrected chi connectivity index (χ0v) is 33.0. The number of carbonyl (C=O) groups excluding carboxylic acids is 3. The fraction of sp³-hybridized carbons (Fsp3) is 0.283. The van der Waals surface area contributed by atoms with E-state index in [4.69, 9.17) is 18.6 Å². The molecule has 2 heterocycles. The zero-order chi connectivity index (χ0) is 43.0. The SMILES string of the molecule is C=CCC(OC(C)=O)[C@@H]1[C@@H](N(Cc2ccc(-c3cccc(C(F)(F)F)c3)o2)C(=O)Cc2ccc(F)cc2)c2cc(OCCCO)ccc2N1C(=O)Cc1ccc(OC)cc1. The number of ether oxygens (including phenoxy) is 3. The largest absolute Gasteiger partial charge is 0.497 e. The van der Waals surface area contributed by atoms with Crippen LogP contribution in [-0.4, -0.2) is 60.3 Å². The molecular weight excluding hydrogens is 785 g/mol. The Kier molecular flexibility index (Phi) is 13.7. The van der Waals surface area contributed by atoms with Crippen molar-refractivity contribution in [1.82, 2.24) is 4.90 Å². The number of aliphatic hydroxyl groups excluding tert-OH is 1. The number of alkyl halides is 3. The van der Waals surface area contributed by atoms with Crippen molar-refractivity contribution in [2.75, 3.05) is 25.2 Å². The molecule has 14 heteroatoms. The van der Waals surface area contributed by atoms with Crippen molar-refractivity contribution in [2.24, 2.45) is 0 Å². The van der Waals surface area contributed by atoms with Gasteiger partial charge in [0.05, 0.1) is 50.8 Å². The molecular formula is C46H44F4N2O8. The summed E-state index contributed by atoms with van der Waals surface area (Å²) in [6.45, 7) is 4.91. The van der Waals surface area contributed by atoms with Gasteiger partial charge in [-0.1, -0.05) is 42.5 Å². The number of methoxy groups -OCH3 is 1. The maximum atomic E-state index is 14.9. The summed E-state index contributed by atoms with van der Waals surface area (Å²) < 4.78 is 78.3. The van der Waals surface area contributed by atoms with Gasteiger partial charge in [0, 0.05) is 43.2 Å². The number of nitrogens with zero attached hydrogens (tertiary/aromatic N) is 2. The molecule has 0 aliphatic carbocycles. The highest BCUT2D eigenvalue weighted by Crippen LogP contribution is 2.48. The first-order valence-corrected chi connectivity index (χ1v) is 19.2. The van der Waals surface area contributed by atoms with Crippen LogP contribution in [0.3, 0.4) is 0 Å². The lowest BCUT2D eigenvalue weighted by Gasteiger charge is -2.39. The highest BCUT2D eigenvalue weighted by molar-refractivity contribution is 5.99. The number of furan rings is 1. The summed E-state index contributed by atoms with van der Waals surface area (Å²) in [6.07, 6.45) is -4.02. The molecule has 5 aromatic rings. The van der Waals surface area contributed by atoms with Gasteiger partial charge in [-0.3, -0.25) is 14.4 Å².